The third-order valence-corrected chi connectivity index (χ3v) is 3.33. The van der Waals surface area contributed by atoms with Gasteiger partial charge < -0.3 is 19.5 Å². The molecule has 8 heteroatoms. The maximum absolute atomic E-state index is 13.6. The summed E-state index contributed by atoms with van der Waals surface area (Å²) >= 11 is 0. The minimum absolute atomic E-state index is 0.0151. The average Bonchev–Trinajstić information content (AvgIpc) is 2.65. The monoisotopic (exact) mass is 361 g/mol. The number of benzene rings is 2. The van der Waals surface area contributed by atoms with Gasteiger partial charge in [0.1, 0.15) is 0 Å². The van der Waals surface area contributed by atoms with E-state index in [0.717, 1.165) is 6.07 Å². The standard InChI is InChI=1S/C18H16FNO6/c1-24-15-8-7-11(9-13(15)19)17(22)26-10-16(21)20-14-6-4-3-5-12(14)18(23)25-2/h3-9H,10H2,1-2H3,(H,20,21). The number of rotatable bonds is 6. The van der Waals surface area contributed by atoms with Crippen LogP contribution in [0.1, 0.15) is 20.7 Å². The molecule has 0 spiro atoms. The summed E-state index contributed by atoms with van der Waals surface area (Å²) in [5, 5.41) is 2.45. The summed E-state index contributed by atoms with van der Waals surface area (Å²) in [5.41, 5.74) is 0.314. The van der Waals surface area contributed by atoms with Crippen LogP contribution in [0.4, 0.5) is 10.1 Å². The van der Waals surface area contributed by atoms with E-state index >= 15 is 0 Å². The summed E-state index contributed by atoms with van der Waals surface area (Å²) in [4.78, 5) is 35.5. The molecule has 1 N–H and O–H groups in total. The Morgan fingerprint density at radius 1 is 1.04 bits per heavy atom. The molecule has 0 aliphatic carbocycles. The Hall–Kier alpha value is -3.42. The molecule has 2 rings (SSSR count). The fraction of sp³-hybridized carbons (Fsp3) is 0.167. The first-order chi connectivity index (χ1) is 12.5. The Morgan fingerprint density at radius 3 is 2.42 bits per heavy atom. The van der Waals surface area contributed by atoms with Crippen molar-refractivity contribution in [3.8, 4) is 5.75 Å². The molecule has 136 valence electrons. The van der Waals surface area contributed by atoms with Gasteiger partial charge in [0, 0.05) is 0 Å². The number of carbonyl (C=O) groups excluding carboxylic acids is 3. The zero-order chi connectivity index (χ0) is 19.1. The van der Waals surface area contributed by atoms with Gasteiger partial charge >= 0.3 is 11.9 Å². The number of esters is 2. The molecule has 0 atom stereocenters. The summed E-state index contributed by atoms with van der Waals surface area (Å²) in [6.45, 7) is -0.609. The molecule has 7 nitrogen and oxygen atoms in total. The Kier molecular flexibility index (Phi) is 6.26. The van der Waals surface area contributed by atoms with Gasteiger partial charge in [-0.3, -0.25) is 4.79 Å². The molecule has 0 unspecified atom stereocenters. The Morgan fingerprint density at radius 2 is 1.77 bits per heavy atom. The van der Waals surface area contributed by atoms with E-state index in [1.54, 1.807) is 12.1 Å². The smallest absolute Gasteiger partial charge is 0.339 e. The third-order valence-electron chi connectivity index (χ3n) is 3.33. The molecule has 0 bridgehead atoms. The van der Waals surface area contributed by atoms with E-state index in [-0.39, 0.29) is 22.6 Å². The number of para-hydroxylation sites is 1. The lowest BCUT2D eigenvalue weighted by molar-refractivity contribution is -0.119. The normalized spacial score (nSPS) is 9.96. The molecule has 0 saturated carbocycles. The predicted octanol–water partition coefficient (Wildman–Crippen LogP) is 2.42. The Labute approximate surface area is 148 Å². The first-order valence-electron chi connectivity index (χ1n) is 7.44. The first-order valence-corrected chi connectivity index (χ1v) is 7.44. The van der Waals surface area contributed by atoms with Gasteiger partial charge in [0.25, 0.3) is 5.91 Å². The first kappa shape index (κ1) is 18.9. The van der Waals surface area contributed by atoms with Gasteiger partial charge in [-0.2, -0.15) is 0 Å². The van der Waals surface area contributed by atoms with E-state index in [1.165, 1.54) is 38.5 Å². The van der Waals surface area contributed by atoms with Crippen LogP contribution >= 0.6 is 0 Å². The summed E-state index contributed by atoms with van der Waals surface area (Å²) in [5.74, 6) is -2.89. The fourth-order valence-electron chi connectivity index (χ4n) is 2.07. The van der Waals surface area contributed by atoms with Crippen molar-refractivity contribution >= 4 is 23.5 Å². The van der Waals surface area contributed by atoms with Crippen molar-refractivity contribution in [2.24, 2.45) is 0 Å². The van der Waals surface area contributed by atoms with Crippen LogP contribution in [-0.4, -0.2) is 38.7 Å². The fourth-order valence-corrected chi connectivity index (χ4v) is 2.07. The van der Waals surface area contributed by atoms with Gasteiger partial charge in [-0.1, -0.05) is 12.1 Å². The highest BCUT2D eigenvalue weighted by molar-refractivity contribution is 6.02. The van der Waals surface area contributed by atoms with E-state index < -0.39 is 30.3 Å². The SMILES string of the molecule is COC(=O)c1ccccc1NC(=O)COC(=O)c1ccc(OC)c(F)c1. The molecule has 0 aromatic heterocycles. The second-order valence-electron chi connectivity index (χ2n) is 5.01. The largest absolute Gasteiger partial charge is 0.494 e. The van der Waals surface area contributed by atoms with E-state index in [0.29, 0.717) is 0 Å². The maximum atomic E-state index is 13.6. The summed E-state index contributed by atoms with van der Waals surface area (Å²) in [6.07, 6.45) is 0. The topological polar surface area (TPSA) is 90.9 Å². The van der Waals surface area contributed by atoms with Gasteiger partial charge in [-0.15, -0.1) is 0 Å². The van der Waals surface area contributed by atoms with Crippen LogP contribution in [0.5, 0.6) is 5.75 Å². The molecule has 0 aliphatic heterocycles. The number of methoxy groups -OCH3 is 2. The summed E-state index contributed by atoms with van der Waals surface area (Å²) in [6, 6.07) is 9.76. The molecule has 0 heterocycles. The van der Waals surface area contributed by atoms with E-state index in [2.05, 4.69) is 10.1 Å². The van der Waals surface area contributed by atoms with Crippen molar-refractivity contribution in [2.75, 3.05) is 26.1 Å². The maximum Gasteiger partial charge on any atom is 0.339 e. The number of carbonyl (C=O) groups is 3. The summed E-state index contributed by atoms with van der Waals surface area (Å²) < 4.78 is 27.8. The van der Waals surface area contributed by atoms with Crippen LogP contribution in [0.2, 0.25) is 0 Å². The van der Waals surface area contributed by atoms with Gasteiger partial charge in [0.15, 0.2) is 18.2 Å². The van der Waals surface area contributed by atoms with Crippen LogP contribution in [0, 0.1) is 5.82 Å². The van der Waals surface area contributed by atoms with Gasteiger partial charge in [-0.25, -0.2) is 14.0 Å². The van der Waals surface area contributed by atoms with Gasteiger partial charge in [0.05, 0.1) is 31.0 Å². The molecular formula is C18H16FNO6. The van der Waals surface area contributed by atoms with E-state index in [1.807, 2.05) is 0 Å². The molecule has 0 radical (unpaired) electrons. The lowest BCUT2D eigenvalue weighted by atomic mass is 10.2. The van der Waals surface area contributed by atoms with Crippen molar-refractivity contribution in [3.05, 3.63) is 59.4 Å². The van der Waals surface area contributed by atoms with Crippen molar-refractivity contribution in [1.29, 1.82) is 0 Å². The quantitative estimate of drug-likeness (QED) is 0.795. The summed E-state index contributed by atoms with van der Waals surface area (Å²) in [7, 11) is 2.52. The lowest BCUT2D eigenvalue weighted by Crippen LogP contribution is -2.22. The van der Waals surface area contributed by atoms with Crippen molar-refractivity contribution in [2.45, 2.75) is 0 Å². The minimum Gasteiger partial charge on any atom is -0.494 e. The van der Waals surface area contributed by atoms with Gasteiger partial charge in [-0.05, 0) is 30.3 Å². The Balaban J connectivity index is 1.98. The molecule has 0 saturated heterocycles. The number of nitrogens with one attached hydrogen (secondary N) is 1. The number of amides is 1. The van der Waals surface area contributed by atoms with Crippen molar-refractivity contribution in [1.82, 2.24) is 0 Å². The highest BCUT2D eigenvalue weighted by Gasteiger charge is 2.16. The van der Waals surface area contributed by atoms with Crippen LogP contribution in [0.3, 0.4) is 0 Å². The number of halogens is 1. The highest BCUT2D eigenvalue weighted by Crippen LogP contribution is 2.18. The lowest BCUT2D eigenvalue weighted by Gasteiger charge is -2.10. The zero-order valence-electron chi connectivity index (χ0n) is 14.1. The highest BCUT2D eigenvalue weighted by atomic mass is 19.1. The van der Waals surface area contributed by atoms with Crippen LogP contribution in [-0.2, 0) is 14.3 Å². The molecule has 0 fully saturated rings. The van der Waals surface area contributed by atoms with E-state index in [9.17, 15) is 18.8 Å². The number of anilines is 1. The zero-order valence-corrected chi connectivity index (χ0v) is 14.1. The number of hydrogen-bond donors (Lipinski definition) is 1. The molecule has 2 aromatic carbocycles. The van der Waals surface area contributed by atoms with Crippen molar-refractivity contribution < 1.29 is 33.0 Å². The molecule has 26 heavy (non-hydrogen) atoms. The molecule has 0 aliphatic rings. The van der Waals surface area contributed by atoms with Crippen LogP contribution < -0.4 is 10.1 Å². The van der Waals surface area contributed by atoms with Crippen molar-refractivity contribution in [3.63, 3.8) is 0 Å². The van der Waals surface area contributed by atoms with Crippen LogP contribution in [0.25, 0.3) is 0 Å². The number of hydrogen-bond acceptors (Lipinski definition) is 6. The molecule has 1 amide bonds. The van der Waals surface area contributed by atoms with Crippen LogP contribution in [0.15, 0.2) is 42.5 Å². The third kappa shape index (κ3) is 4.56. The minimum atomic E-state index is -0.872. The molecule has 2 aromatic rings. The predicted molar refractivity (Wildman–Crippen MR) is 89.6 cm³/mol. The average molecular weight is 361 g/mol. The van der Waals surface area contributed by atoms with E-state index in [4.69, 9.17) is 9.47 Å². The number of ether oxygens (including phenoxy) is 3. The Bertz CT molecular complexity index is 836. The molecular weight excluding hydrogens is 345 g/mol. The second kappa shape index (κ2) is 8.61. The van der Waals surface area contributed by atoms with Gasteiger partial charge in [0.2, 0.25) is 0 Å². The second-order valence-corrected chi connectivity index (χ2v) is 5.01.